The number of alkyl halides is 1. The van der Waals surface area contributed by atoms with Gasteiger partial charge in [-0.1, -0.05) is 27.6 Å². The van der Waals surface area contributed by atoms with Crippen molar-refractivity contribution in [2.24, 2.45) is 17.8 Å². The van der Waals surface area contributed by atoms with E-state index in [9.17, 15) is 0 Å². The SMILES string of the molecule is C/C=C1\C2C[C@@H]3C[C@H](C2)CC1(Br)C3. The van der Waals surface area contributed by atoms with Gasteiger partial charge in [-0.3, -0.25) is 0 Å². The topological polar surface area (TPSA) is 0 Å². The van der Waals surface area contributed by atoms with Gasteiger partial charge in [0, 0.05) is 4.32 Å². The van der Waals surface area contributed by atoms with Gasteiger partial charge < -0.3 is 0 Å². The normalized spacial score (nSPS) is 56.2. The molecule has 0 aromatic carbocycles. The highest BCUT2D eigenvalue weighted by Crippen LogP contribution is 2.61. The fourth-order valence-electron chi connectivity index (χ4n) is 4.25. The molecule has 0 spiro atoms. The summed E-state index contributed by atoms with van der Waals surface area (Å²) in [5, 5.41) is 0. The summed E-state index contributed by atoms with van der Waals surface area (Å²) in [5.74, 6) is 3.02. The smallest absolute Gasteiger partial charge is 0.0473 e. The second-order valence-corrected chi connectivity index (χ2v) is 6.77. The lowest BCUT2D eigenvalue weighted by atomic mass is 9.54. The Kier molecular flexibility index (Phi) is 1.72. The average Bonchev–Trinajstić information content (AvgIpc) is 2.00. The van der Waals surface area contributed by atoms with Gasteiger partial charge in [0.25, 0.3) is 0 Å². The minimum atomic E-state index is 0.441. The zero-order chi connectivity index (χ0) is 9.05. The molecule has 4 bridgehead atoms. The summed E-state index contributed by atoms with van der Waals surface area (Å²) in [6, 6.07) is 0. The molecule has 4 aliphatic rings. The van der Waals surface area contributed by atoms with Gasteiger partial charge in [0.15, 0.2) is 0 Å². The molecule has 0 aromatic rings. The molecule has 4 atom stereocenters. The van der Waals surface area contributed by atoms with Crippen molar-refractivity contribution in [1.82, 2.24) is 0 Å². The molecular weight excluding hydrogens is 224 g/mol. The summed E-state index contributed by atoms with van der Waals surface area (Å²) in [5.41, 5.74) is 1.74. The molecule has 0 aromatic heterocycles. The number of hydrogen-bond donors (Lipinski definition) is 0. The maximum Gasteiger partial charge on any atom is 0.0473 e. The first-order valence-corrected chi connectivity index (χ1v) is 6.36. The lowest BCUT2D eigenvalue weighted by Gasteiger charge is -2.56. The minimum Gasteiger partial charge on any atom is -0.0868 e. The van der Waals surface area contributed by atoms with Crippen LogP contribution in [0.2, 0.25) is 0 Å². The number of halogens is 1. The van der Waals surface area contributed by atoms with Crippen molar-refractivity contribution in [3.05, 3.63) is 11.6 Å². The van der Waals surface area contributed by atoms with Crippen molar-refractivity contribution in [3.8, 4) is 0 Å². The van der Waals surface area contributed by atoms with Gasteiger partial charge >= 0.3 is 0 Å². The van der Waals surface area contributed by atoms with Crippen molar-refractivity contribution in [2.45, 2.75) is 43.4 Å². The van der Waals surface area contributed by atoms with Gasteiger partial charge in [0.2, 0.25) is 0 Å². The van der Waals surface area contributed by atoms with E-state index in [1.807, 2.05) is 0 Å². The molecule has 4 rings (SSSR count). The molecule has 0 saturated heterocycles. The third-order valence-electron chi connectivity index (χ3n) is 4.40. The molecule has 72 valence electrons. The average molecular weight is 241 g/mol. The summed E-state index contributed by atoms with van der Waals surface area (Å²) in [6.45, 7) is 2.22. The fraction of sp³-hybridized carbons (Fsp3) is 0.833. The Bertz CT molecular complexity index is 252. The zero-order valence-corrected chi connectivity index (χ0v) is 9.81. The van der Waals surface area contributed by atoms with Crippen molar-refractivity contribution >= 4 is 15.9 Å². The molecule has 0 N–H and O–H groups in total. The predicted molar refractivity (Wildman–Crippen MR) is 59.0 cm³/mol. The van der Waals surface area contributed by atoms with E-state index in [1.54, 1.807) is 5.57 Å². The molecule has 4 aliphatic carbocycles. The number of rotatable bonds is 0. The highest BCUT2D eigenvalue weighted by Gasteiger charge is 2.52. The standard InChI is InChI=1S/C12H17Br/c1-2-11-10-4-8-3-9(5-10)7-12(11,13)6-8/h2,8-10H,3-7H2,1H3/b11-2+/t8-,9+,10?,12?. The summed E-state index contributed by atoms with van der Waals surface area (Å²) in [4.78, 5) is 0. The minimum absolute atomic E-state index is 0.441. The summed E-state index contributed by atoms with van der Waals surface area (Å²) in [7, 11) is 0. The first kappa shape index (κ1) is 8.52. The van der Waals surface area contributed by atoms with Crippen molar-refractivity contribution < 1.29 is 0 Å². The Morgan fingerprint density at radius 2 is 1.85 bits per heavy atom. The maximum absolute atomic E-state index is 4.02. The van der Waals surface area contributed by atoms with E-state index in [0.717, 1.165) is 17.8 Å². The van der Waals surface area contributed by atoms with Crippen LogP contribution in [-0.2, 0) is 0 Å². The van der Waals surface area contributed by atoms with Gasteiger partial charge in [-0.25, -0.2) is 0 Å². The molecular formula is C12H17Br. The highest BCUT2D eigenvalue weighted by atomic mass is 79.9. The van der Waals surface area contributed by atoms with Crippen LogP contribution >= 0.6 is 15.9 Å². The molecule has 0 aliphatic heterocycles. The molecule has 1 heteroatoms. The zero-order valence-electron chi connectivity index (χ0n) is 8.22. The van der Waals surface area contributed by atoms with Crippen LogP contribution in [0.1, 0.15) is 39.0 Å². The van der Waals surface area contributed by atoms with Crippen LogP contribution in [0.25, 0.3) is 0 Å². The second-order valence-electron chi connectivity index (χ2n) is 5.25. The van der Waals surface area contributed by atoms with E-state index in [0.29, 0.717) is 4.32 Å². The number of hydrogen-bond acceptors (Lipinski definition) is 0. The first-order valence-electron chi connectivity index (χ1n) is 5.57. The third-order valence-corrected chi connectivity index (χ3v) is 5.50. The lowest BCUT2D eigenvalue weighted by molar-refractivity contribution is 0.0884. The van der Waals surface area contributed by atoms with E-state index in [1.165, 1.54) is 32.1 Å². The Morgan fingerprint density at radius 1 is 1.23 bits per heavy atom. The van der Waals surface area contributed by atoms with Gasteiger partial charge in [-0.05, 0) is 56.8 Å². The van der Waals surface area contributed by atoms with Crippen molar-refractivity contribution in [1.29, 1.82) is 0 Å². The van der Waals surface area contributed by atoms with Gasteiger partial charge in [0.05, 0.1) is 0 Å². The largest absolute Gasteiger partial charge is 0.0868 e. The molecule has 13 heavy (non-hydrogen) atoms. The van der Waals surface area contributed by atoms with Crippen LogP contribution in [-0.4, -0.2) is 4.32 Å². The Balaban J connectivity index is 2.03. The summed E-state index contributed by atoms with van der Waals surface area (Å²) in [6.07, 6.45) is 9.73. The van der Waals surface area contributed by atoms with Gasteiger partial charge in [-0.15, -0.1) is 0 Å². The molecule has 4 fully saturated rings. The van der Waals surface area contributed by atoms with Crippen LogP contribution < -0.4 is 0 Å². The Labute approximate surface area is 88.9 Å². The maximum atomic E-state index is 4.02. The van der Waals surface area contributed by atoms with E-state index < -0.39 is 0 Å². The molecule has 2 unspecified atom stereocenters. The first-order chi connectivity index (χ1) is 6.21. The van der Waals surface area contributed by atoms with E-state index in [4.69, 9.17) is 0 Å². The van der Waals surface area contributed by atoms with Gasteiger partial charge in [0.1, 0.15) is 0 Å². The predicted octanol–water partition coefficient (Wildman–Crippen LogP) is 3.91. The molecule has 0 radical (unpaired) electrons. The monoisotopic (exact) mass is 240 g/mol. The fourth-order valence-corrected chi connectivity index (χ4v) is 5.71. The van der Waals surface area contributed by atoms with Crippen LogP contribution in [0.4, 0.5) is 0 Å². The molecule has 0 heterocycles. The van der Waals surface area contributed by atoms with Crippen LogP contribution in [0.15, 0.2) is 11.6 Å². The third kappa shape index (κ3) is 1.09. The molecule has 0 amide bonds. The summed E-state index contributed by atoms with van der Waals surface area (Å²) < 4.78 is 0.441. The van der Waals surface area contributed by atoms with Crippen LogP contribution in [0, 0.1) is 17.8 Å². The Hall–Kier alpha value is 0.220. The van der Waals surface area contributed by atoms with Crippen LogP contribution in [0.3, 0.4) is 0 Å². The van der Waals surface area contributed by atoms with E-state index in [-0.39, 0.29) is 0 Å². The quantitative estimate of drug-likeness (QED) is 0.445. The van der Waals surface area contributed by atoms with Gasteiger partial charge in [-0.2, -0.15) is 0 Å². The highest BCUT2D eigenvalue weighted by molar-refractivity contribution is 9.10. The van der Waals surface area contributed by atoms with Crippen LogP contribution in [0.5, 0.6) is 0 Å². The van der Waals surface area contributed by atoms with E-state index in [2.05, 4.69) is 28.9 Å². The molecule has 4 saturated carbocycles. The number of allylic oxidation sites excluding steroid dienone is 2. The molecule has 0 nitrogen and oxygen atoms in total. The van der Waals surface area contributed by atoms with E-state index >= 15 is 0 Å². The lowest BCUT2D eigenvalue weighted by Crippen LogP contribution is -2.48. The second kappa shape index (κ2) is 2.62. The van der Waals surface area contributed by atoms with Crippen molar-refractivity contribution in [2.75, 3.05) is 0 Å². The summed E-state index contributed by atoms with van der Waals surface area (Å²) >= 11 is 4.02. The Morgan fingerprint density at radius 3 is 2.31 bits per heavy atom. The van der Waals surface area contributed by atoms with Crippen molar-refractivity contribution in [3.63, 3.8) is 0 Å².